The van der Waals surface area contributed by atoms with Gasteiger partial charge < -0.3 is 10.8 Å². The SMILES string of the molecule is NC1(CCC(F)(F)F)CCC(O)CC1. The molecule has 0 spiro atoms. The summed E-state index contributed by atoms with van der Waals surface area (Å²) in [6.07, 6.45) is -3.32. The lowest BCUT2D eigenvalue weighted by molar-refractivity contribution is -0.139. The van der Waals surface area contributed by atoms with Crippen LogP contribution in [-0.4, -0.2) is 22.9 Å². The van der Waals surface area contributed by atoms with Crippen molar-refractivity contribution in [3.8, 4) is 0 Å². The number of hydrogen-bond donors (Lipinski definition) is 2. The maximum absolute atomic E-state index is 12.0. The Labute approximate surface area is 81.3 Å². The fourth-order valence-corrected chi connectivity index (χ4v) is 1.82. The van der Waals surface area contributed by atoms with E-state index in [4.69, 9.17) is 5.73 Å². The van der Waals surface area contributed by atoms with Crippen molar-refractivity contribution in [2.24, 2.45) is 5.73 Å². The highest BCUT2D eigenvalue weighted by Crippen LogP contribution is 2.33. The molecule has 0 aromatic rings. The van der Waals surface area contributed by atoms with E-state index in [1.54, 1.807) is 0 Å². The summed E-state index contributed by atoms with van der Waals surface area (Å²) >= 11 is 0. The summed E-state index contributed by atoms with van der Waals surface area (Å²) in [7, 11) is 0. The fourth-order valence-electron chi connectivity index (χ4n) is 1.82. The number of aliphatic hydroxyl groups is 1. The molecule has 14 heavy (non-hydrogen) atoms. The van der Waals surface area contributed by atoms with Gasteiger partial charge >= 0.3 is 6.18 Å². The molecule has 0 saturated heterocycles. The molecular formula is C9H16F3NO. The molecule has 1 saturated carbocycles. The Morgan fingerprint density at radius 2 is 1.79 bits per heavy atom. The van der Waals surface area contributed by atoms with Gasteiger partial charge in [0, 0.05) is 12.0 Å². The molecule has 3 N–H and O–H groups in total. The molecule has 0 bridgehead atoms. The minimum absolute atomic E-state index is 0.0246. The lowest BCUT2D eigenvalue weighted by Gasteiger charge is -2.35. The van der Waals surface area contributed by atoms with Crippen molar-refractivity contribution in [2.75, 3.05) is 0 Å². The van der Waals surface area contributed by atoms with Crippen LogP contribution in [-0.2, 0) is 0 Å². The first-order valence-corrected chi connectivity index (χ1v) is 4.84. The molecule has 0 unspecified atom stereocenters. The highest BCUT2D eigenvalue weighted by Gasteiger charge is 2.36. The average Bonchev–Trinajstić information content (AvgIpc) is 2.07. The molecule has 0 atom stereocenters. The zero-order valence-electron chi connectivity index (χ0n) is 7.98. The Hall–Kier alpha value is -0.290. The van der Waals surface area contributed by atoms with E-state index in [1.807, 2.05) is 0 Å². The molecule has 0 aliphatic heterocycles. The van der Waals surface area contributed by atoms with Gasteiger partial charge in [0.25, 0.3) is 0 Å². The molecule has 1 fully saturated rings. The Morgan fingerprint density at radius 1 is 1.29 bits per heavy atom. The number of nitrogens with two attached hydrogens (primary N) is 1. The lowest BCUT2D eigenvalue weighted by Crippen LogP contribution is -2.45. The van der Waals surface area contributed by atoms with Crippen LogP contribution in [0.2, 0.25) is 0 Å². The molecule has 1 rings (SSSR count). The third-order valence-corrected chi connectivity index (χ3v) is 2.86. The fraction of sp³-hybridized carbons (Fsp3) is 1.00. The zero-order chi connectivity index (χ0) is 10.8. The van der Waals surface area contributed by atoms with Gasteiger partial charge in [-0.25, -0.2) is 0 Å². The van der Waals surface area contributed by atoms with E-state index in [2.05, 4.69) is 0 Å². The van der Waals surface area contributed by atoms with Gasteiger partial charge in [0.05, 0.1) is 6.10 Å². The van der Waals surface area contributed by atoms with Crippen molar-refractivity contribution < 1.29 is 18.3 Å². The highest BCUT2D eigenvalue weighted by molar-refractivity contribution is 4.90. The largest absolute Gasteiger partial charge is 0.393 e. The third kappa shape index (κ3) is 3.84. The topological polar surface area (TPSA) is 46.2 Å². The summed E-state index contributed by atoms with van der Waals surface area (Å²) < 4.78 is 35.9. The molecule has 1 aliphatic carbocycles. The Morgan fingerprint density at radius 3 is 2.21 bits per heavy atom. The predicted octanol–water partition coefficient (Wildman–Crippen LogP) is 1.96. The van der Waals surface area contributed by atoms with Crippen molar-refractivity contribution in [3.63, 3.8) is 0 Å². The van der Waals surface area contributed by atoms with Gasteiger partial charge in [-0.15, -0.1) is 0 Å². The highest BCUT2D eigenvalue weighted by atomic mass is 19.4. The van der Waals surface area contributed by atoms with E-state index in [9.17, 15) is 18.3 Å². The predicted molar refractivity (Wildman–Crippen MR) is 46.7 cm³/mol. The molecule has 2 nitrogen and oxygen atoms in total. The average molecular weight is 211 g/mol. The Kier molecular flexibility index (Phi) is 3.42. The third-order valence-electron chi connectivity index (χ3n) is 2.86. The first kappa shape index (κ1) is 11.8. The van der Waals surface area contributed by atoms with E-state index in [-0.39, 0.29) is 12.5 Å². The van der Waals surface area contributed by atoms with Crippen LogP contribution in [0.3, 0.4) is 0 Å². The Balaban J connectivity index is 2.36. The number of aliphatic hydroxyl groups excluding tert-OH is 1. The number of alkyl halides is 3. The van der Waals surface area contributed by atoms with Crippen LogP contribution in [0.5, 0.6) is 0 Å². The van der Waals surface area contributed by atoms with Gasteiger partial charge in [0.2, 0.25) is 0 Å². The second-order valence-corrected chi connectivity index (χ2v) is 4.21. The molecule has 0 aromatic heterocycles. The normalized spacial score (nSPS) is 34.5. The van der Waals surface area contributed by atoms with Crippen LogP contribution in [0.1, 0.15) is 38.5 Å². The van der Waals surface area contributed by atoms with E-state index in [1.165, 1.54) is 0 Å². The van der Waals surface area contributed by atoms with Crippen LogP contribution in [0, 0.1) is 0 Å². The molecule has 0 heterocycles. The molecule has 0 amide bonds. The lowest BCUT2D eigenvalue weighted by atomic mass is 9.78. The summed E-state index contributed by atoms with van der Waals surface area (Å²) in [6, 6.07) is 0. The summed E-state index contributed by atoms with van der Waals surface area (Å²) in [5.74, 6) is 0. The van der Waals surface area contributed by atoms with Gasteiger partial charge in [-0.1, -0.05) is 0 Å². The van der Waals surface area contributed by atoms with Crippen molar-refractivity contribution in [1.29, 1.82) is 0 Å². The van der Waals surface area contributed by atoms with Crippen LogP contribution in [0.25, 0.3) is 0 Å². The second kappa shape index (κ2) is 4.06. The molecule has 5 heteroatoms. The minimum Gasteiger partial charge on any atom is -0.393 e. The first-order chi connectivity index (χ1) is 6.31. The minimum atomic E-state index is -4.12. The van der Waals surface area contributed by atoms with E-state index < -0.39 is 18.1 Å². The van der Waals surface area contributed by atoms with Gasteiger partial charge in [0.15, 0.2) is 0 Å². The van der Waals surface area contributed by atoms with E-state index in [0.717, 1.165) is 0 Å². The zero-order valence-corrected chi connectivity index (χ0v) is 7.98. The van der Waals surface area contributed by atoms with E-state index in [0.29, 0.717) is 25.7 Å². The summed E-state index contributed by atoms with van der Waals surface area (Å²) in [6.45, 7) is 0. The van der Waals surface area contributed by atoms with Crippen molar-refractivity contribution in [2.45, 2.75) is 56.3 Å². The van der Waals surface area contributed by atoms with Crippen molar-refractivity contribution in [3.05, 3.63) is 0 Å². The van der Waals surface area contributed by atoms with Crippen LogP contribution < -0.4 is 5.73 Å². The second-order valence-electron chi connectivity index (χ2n) is 4.21. The molecule has 0 aromatic carbocycles. The van der Waals surface area contributed by atoms with Crippen LogP contribution in [0.15, 0.2) is 0 Å². The van der Waals surface area contributed by atoms with Gasteiger partial charge in [-0.3, -0.25) is 0 Å². The van der Waals surface area contributed by atoms with Gasteiger partial charge in [-0.05, 0) is 32.1 Å². The standard InChI is InChI=1S/C9H16F3NO/c10-9(11,12)6-5-8(13)3-1-7(14)2-4-8/h7,14H,1-6,13H2. The number of hydrogen-bond acceptors (Lipinski definition) is 2. The maximum Gasteiger partial charge on any atom is 0.389 e. The summed E-state index contributed by atoms with van der Waals surface area (Å²) in [4.78, 5) is 0. The Bertz CT molecular complexity index is 185. The quantitative estimate of drug-likeness (QED) is 0.733. The summed E-state index contributed by atoms with van der Waals surface area (Å²) in [5, 5.41) is 9.19. The van der Waals surface area contributed by atoms with Gasteiger partial charge in [-0.2, -0.15) is 13.2 Å². The number of rotatable bonds is 2. The smallest absolute Gasteiger partial charge is 0.389 e. The molecular weight excluding hydrogens is 195 g/mol. The van der Waals surface area contributed by atoms with Gasteiger partial charge in [0.1, 0.15) is 0 Å². The monoisotopic (exact) mass is 211 g/mol. The summed E-state index contributed by atoms with van der Waals surface area (Å²) in [5.41, 5.74) is 5.10. The molecule has 84 valence electrons. The van der Waals surface area contributed by atoms with Crippen molar-refractivity contribution in [1.82, 2.24) is 0 Å². The van der Waals surface area contributed by atoms with Crippen LogP contribution in [0.4, 0.5) is 13.2 Å². The molecule has 0 radical (unpaired) electrons. The molecule has 1 aliphatic rings. The maximum atomic E-state index is 12.0. The van der Waals surface area contributed by atoms with Crippen LogP contribution >= 0.6 is 0 Å². The first-order valence-electron chi connectivity index (χ1n) is 4.84. The number of halogens is 3. The van der Waals surface area contributed by atoms with E-state index >= 15 is 0 Å². The van der Waals surface area contributed by atoms with Crippen molar-refractivity contribution >= 4 is 0 Å².